The van der Waals surface area contributed by atoms with Crippen molar-refractivity contribution in [2.24, 2.45) is 0 Å². The molecule has 2 unspecified atom stereocenters. The number of aliphatic hydroxyl groups is 1. The summed E-state index contributed by atoms with van der Waals surface area (Å²) in [7, 11) is 0. The van der Waals surface area contributed by atoms with Gasteiger partial charge in [0.25, 0.3) is 0 Å². The lowest BCUT2D eigenvalue weighted by atomic mass is 10.1. The molecule has 2 atom stereocenters. The van der Waals surface area contributed by atoms with Crippen LogP contribution in [0.2, 0.25) is 0 Å². The number of aryl methyl sites for hydroxylation is 1. The zero-order valence-electron chi connectivity index (χ0n) is 10.9. The van der Waals surface area contributed by atoms with Crippen molar-refractivity contribution in [2.45, 2.75) is 51.8 Å². The van der Waals surface area contributed by atoms with Gasteiger partial charge in [-0.05, 0) is 45.2 Å². The molecule has 2 heteroatoms. The van der Waals surface area contributed by atoms with Crippen molar-refractivity contribution in [2.75, 3.05) is 6.54 Å². The van der Waals surface area contributed by atoms with Gasteiger partial charge in [0.2, 0.25) is 0 Å². The molecule has 1 aliphatic heterocycles. The smallest absolute Gasteiger partial charge is 0.0527 e. The number of aliphatic hydroxyl groups excluding tert-OH is 1. The first-order chi connectivity index (χ1) is 8.15. The fourth-order valence-electron chi connectivity index (χ4n) is 2.81. The summed E-state index contributed by atoms with van der Waals surface area (Å²) in [4.78, 5) is 2.52. The SMILES string of the molecule is Cc1cccc(CN2CCCC2CC(C)O)c1. The van der Waals surface area contributed by atoms with Gasteiger partial charge in [-0.25, -0.2) is 0 Å². The first-order valence-electron chi connectivity index (χ1n) is 6.63. The topological polar surface area (TPSA) is 23.5 Å². The van der Waals surface area contributed by atoms with Gasteiger partial charge in [-0.15, -0.1) is 0 Å². The first kappa shape index (κ1) is 12.6. The second-order valence-electron chi connectivity index (χ2n) is 5.34. The molecule has 0 radical (unpaired) electrons. The molecule has 17 heavy (non-hydrogen) atoms. The summed E-state index contributed by atoms with van der Waals surface area (Å²) in [6, 6.07) is 9.30. The average molecular weight is 233 g/mol. The molecule has 1 heterocycles. The maximum atomic E-state index is 9.51. The zero-order chi connectivity index (χ0) is 12.3. The highest BCUT2D eigenvalue weighted by Crippen LogP contribution is 2.23. The molecule has 1 fully saturated rings. The molecule has 1 saturated heterocycles. The van der Waals surface area contributed by atoms with Crippen LogP contribution in [0.25, 0.3) is 0 Å². The monoisotopic (exact) mass is 233 g/mol. The van der Waals surface area contributed by atoms with Crippen LogP contribution in [0.15, 0.2) is 24.3 Å². The molecule has 1 aliphatic rings. The average Bonchev–Trinajstić information content (AvgIpc) is 2.65. The van der Waals surface area contributed by atoms with Crippen LogP contribution in [-0.2, 0) is 6.54 Å². The fourth-order valence-corrected chi connectivity index (χ4v) is 2.81. The van der Waals surface area contributed by atoms with Gasteiger partial charge < -0.3 is 5.11 Å². The van der Waals surface area contributed by atoms with Crippen molar-refractivity contribution in [3.63, 3.8) is 0 Å². The number of nitrogens with zero attached hydrogens (tertiary/aromatic N) is 1. The van der Waals surface area contributed by atoms with Crippen LogP contribution >= 0.6 is 0 Å². The normalized spacial score (nSPS) is 22.9. The van der Waals surface area contributed by atoms with Crippen molar-refractivity contribution in [1.29, 1.82) is 0 Å². The molecule has 94 valence electrons. The van der Waals surface area contributed by atoms with E-state index in [0.29, 0.717) is 6.04 Å². The van der Waals surface area contributed by atoms with E-state index in [1.54, 1.807) is 0 Å². The minimum absolute atomic E-state index is 0.182. The van der Waals surface area contributed by atoms with Gasteiger partial charge >= 0.3 is 0 Å². The lowest BCUT2D eigenvalue weighted by Gasteiger charge is -2.25. The van der Waals surface area contributed by atoms with Crippen LogP contribution in [0.5, 0.6) is 0 Å². The molecular formula is C15H23NO. The summed E-state index contributed by atoms with van der Waals surface area (Å²) in [5.41, 5.74) is 2.72. The lowest BCUT2D eigenvalue weighted by Crippen LogP contribution is -2.31. The second kappa shape index (κ2) is 5.65. The summed E-state index contributed by atoms with van der Waals surface area (Å²) in [5, 5.41) is 9.51. The zero-order valence-corrected chi connectivity index (χ0v) is 10.9. The minimum atomic E-state index is -0.182. The Morgan fingerprint density at radius 2 is 2.29 bits per heavy atom. The van der Waals surface area contributed by atoms with Gasteiger partial charge in [0.05, 0.1) is 6.10 Å². The molecule has 0 saturated carbocycles. The van der Waals surface area contributed by atoms with Gasteiger partial charge in [-0.2, -0.15) is 0 Å². The van der Waals surface area contributed by atoms with E-state index in [2.05, 4.69) is 36.1 Å². The van der Waals surface area contributed by atoms with E-state index in [4.69, 9.17) is 0 Å². The van der Waals surface area contributed by atoms with Crippen molar-refractivity contribution in [1.82, 2.24) is 4.90 Å². The van der Waals surface area contributed by atoms with Gasteiger partial charge in [-0.1, -0.05) is 29.8 Å². The van der Waals surface area contributed by atoms with Gasteiger partial charge in [0.15, 0.2) is 0 Å². The highest BCUT2D eigenvalue weighted by atomic mass is 16.3. The highest BCUT2D eigenvalue weighted by molar-refractivity contribution is 5.22. The molecule has 0 amide bonds. The molecule has 0 bridgehead atoms. The van der Waals surface area contributed by atoms with Gasteiger partial charge in [0, 0.05) is 12.6 Å². The summed E-state index contributed by atoms with van der Waals surface area (Å²) in [6.07, 6.45) is 3.23. The Morgan fingerprint density at radius 3 is 3.00 bits per heavy atom. The maximum absolute atomic E-state index is 9.51. The molecular weight excluding hydrogens is 210 g/mol. The minimum Gasteiger partial charge on any atom is -0.393 e. The molecule has 2 nitrogen and oxygen atoms in total. The maximum Gasteiger partial charge on any atom is 0.0527 e. The third kappa shape index (κ3) is 3.55. The molecule has 0 aromatic heterocycles. The Kier molecular flexibility index (Phi) is 4.19. The largest absolute Gasteiger partial charge is 0.393 e. The van der Waals surface area contributed by atoms with Crippen LogP contribution in [0, 0.1) is 6.92 Å². The van der Waals surface area contributed by atoms with E-state index < -0.39 is 0 Å². The van der Waals surface area contributed by atoms with Crippen LogP contribution in [0.3, 0.4) is 0 Å². The second-order valence-corrected chi connectivity index (χ2v) is 5.34. The van der Waals surface area contributed by atoms with Crippen LogP contribution in [-0.4, -0.2) is 28.7 Å². The van der Waals surface area contributed by atoms with E-state index in [1.165, 1.54) is 30.5 Å². The van der Waals surface area contributed by atoms with E-state index in [1.807, 2.05) is 6.92 Å². The van der Waals surface area contributed by atoms with E-state index in [0.717, 1.165) is 13.0 Å². The highest BCUT2D eigenvalue weighted by Gasteiger charge is 2.25. The fraction of sp³-hybridized carbons (Fsp3) is 0.600. The summed E-state index contributed by atoms with van der Waals surface area (Å²) < 4.78 is 0. The Balaban J connectivity index is 1.97. The molecule has 0 aliphatic carbocycles. The van der Waals surface area contributed by atoms with Crippen molar-refractivity contribution < 1.29 is 5.11 Å². The summed E-state index contributed by atoms with van der Waals surface area (Å²) >= 11 is 0. The molecule has 1 N–H and O–H groups in total. The Labute approximate surface area is 104 Å². The van der Waals surface area contributed by atoms with E-state index in [9.17, 15) is 5.11 Å². The third-order valence-corrected chi connectivity index (χ3v) is 3.58. The van der Waals surface area contributed by atoms with Gasteiger partial charge in [0.1, 0.15) is 0 Å². The number of hydrogen-bond acceptors (Lipinski definition) is 2. The number of hydrogen-bond donors (Lipinski definition) is 1. The number of likely N-dealkylation sites (tertiary alicyclic amines) is 1. The lowest BCUT2D eigenvalue weighted by molar-refractivity contribution is 0.131. The van der Waals surface area contributed by atoms with Crippen molar-refractivity contribution in [3.8, 4) is 0 Å². The first-order valence-corrected chi connectivity index (χ1v) is 6.63. The molecule has 1 aromatic carbocycles. The van der Waals surface area contributed by atoms with Crippen LogP contribution in [0.4, 0.5) is 0 Å². The predicted molar refractivity (Wildman–Crippen MR) is 70.9 cm³/mol. The van der Waals surface area contributed by atoms with E-state index in [-0.39, 0.29) is 6.10 Å². The van der Waals surface area contributed by atoms with Crippen LogP contribution in [0.1, 0.15) is 37.3 Å². The summed E-state index contributed by atoms with van der Waals surface area (Å²) in [6.45, 7) is 6.23. The Bertz CT molecular complexity index is 362. The third-order valence-electron chi connectivity index (χ3n) is 3.58. The van der Waals surface area contributed by atoms with Gasteiger partial charge in [-0.3, -0.25) is 4.90 Å². The number of rotatable bonds is 4. The Morgan fingerprint density at radius 1 is 1.47 bits per heavy atom. The van der Waals surface area contributed by atoms with E-state index >= 15 is 0 Å². The number of benzene rings is 1. The molecule has 0 spiro atoms. The van der Waals surface area contributed by atoms with Crippen LogP contribution < -0.4 is 0 Å². The summed E-state index contributed by atoms with van der Waals surface area (Å²) in [5.74, 6) is 0. The quantitative estimate of drug-likeness (QED) is 0.864. The van der Waals surface area contributed by atoms with Crippen molar-refractivity contribution in [3.05, 3.63) is 35.4 Å². The van der Waals surface area contributed by atoms with Crippen molar-refractivity contribution >= 4 is 0 Å². The Hall–Kier alpha value is -0.860. The predicted octanol–water partition coefficient (Wildman–Crippen LogP) is 2.73. The molecule has 1 aromatic rings. The standard InChI is InChI=1S/C15H23NO/c1-12-5-3-6-14(9-12)11-16-8-4-7-15(16)10-13(2)17/h3,5-6,9,13,15,17H,4,7-8,10-11H2,1-2H3. The molecule has 2 rings (SSSR count).